The van der Waals surface area contributed by atoms with E-state index >= 15 is 0 Å². The maximum atomic E-state index is 5.67. The molecule has 0 bridgehead atoms. The zero-order chi connectivity index (χ0) is 7.40. The van der Waals surface area contributed by atoms with E-state index in [1.807, 2.05) is 34.9 Å². The maximum absolute atomic E-state index is 5.67. The van der Waals surface area contributed by atoms with Crippen molar-refractivity contribution in [2.75, 3.05) is 0 Å². The van der Waals surface area contributed by atoms with E-state index in [-0.39, 0.29) is 0 Å². The second kappa shape index (κ2) is 4.23. The number of halogens is 2. The van der Waals surface area contributed by atoms with E-state index in [2.05, 4.69) is 0 Å². The van der Waals surface area contributed by atoms with E-state index in [4.69, 9.17) is 19.4 Å². The van der Waals surface area contributed by atoms with Crippen molar-refractivity contribution in [2.24, 2.45) is 0 Å². The van der Waals surface area contributed by atoms with Gasteiger partial charge in [-0.15, -0.1) is 0 Å². The van der Waals surface area contributed by atoms with E-state index in [1.54, 1.807) is 0 Å². The number of hydrogen-bond acceptors (Lipinski definition) is 0. The predicted octanol–water partition coefficient (Wildman–Crippen LogP) is 2.76. The van der Waals surface area contributed by atoms with Gasteiger partial charge in [0.25, 0.3) is 0 Å². The molecule has 1 aromatic rings. The molecule has 0 aromatic heterocycles. The zero-order valence-corrected chi connectivity index (χ0v) is 8.32. The van der Waals surface area contributed by atoms with Crippen LogP contribution in [0.4, 0.5) is 0 Å². The van der Waals surface area contributed by atoms with E-state index in [1.165, 1.54) is 0 Å². The number of benzene rings is 1. The quantitative estimate of drug-likeness (QED) is 0.683. The summed E-state index contributed by atoms with van der Waals surface area (Å²) in [4.78, 5) is 0. The van der Waals surface area contributed by atoms with Crippen LogP contribution >= 0.6 is 19.4 Å². The van der Waals surface area contributed by atoms with Crippen molar-refractivity contribution in [3.05, 3.63) is 35.9 Å². The molecule has 0 radical (unpaired) electrons. The standard InChI is InChI=1S/C7H6.2ClH.Ru/c1-7-5-3-2-4-6-7;;;/h1-6H;2*1H;/p-2. The second-order valence-corrected chi connectivity index (χ2v) is 7.44. The molecule has 0 saturated carbocycles. The van der Waals surface area contributed by atoms with Gasteiger partial charge in [0, 0.05) is 0 Å². The summed E-state index contributed by atoms with van der Waals surface area (Å²) in [6.07, 6.45) is 0. The number of rotatable bonds is 1. The summed E-state index contributed by atoms with van der Waals surface area (Å²) in [7, 11) is 11.3. The van der Waals surface area contributed by atoms with Gasteiger partial charge in [0.1, 0.15) is 0 Å². The fourth-order valence-electron chi connectivity index (χ4n) is 0.610. The van der Waals surface area contributed by atoms with Gasteiger partial charge >= 0.3 is 73.4 Å². The summed E-state index contributed by atoms with van der Waals surface area (Å²) in [6, 6.07) is 9.89. The summed E-state index contributed by atoms with van der Waals surface area (Å²) in [6.45, 7) is 0. The van der Waals surface area contributed by atoms with Gasteiger partial charge in [-0.2, -0.15) is 0 Å². The van der Waals surface area contributed by atoms with Crippen molar-refractivity contribution in [1.29, 1.82) is 0 Å². The Morgan fingerprint density at radius 3 is 2.20 bits per heavy atom. The summed E-state index contributed by atoms with van der Waals surface area (Å²) in [5.74, 6) is 0. The molecular weight excluding hydrogens is 256 g/mol. The normalized spacial score (nSPS) is 10.8. The zero-order valence-electron chi connectivity index (χ0n) is 5.07. The van der Waals surface area contributed by atoms with Crippen molar-refractivity contribution in [3.8, 4) is 0 Å². The molecule has 0 aliphatic heterocycles. The minimum atomic E-state index is -1.61. The third-order valence-corrected chi connectivity index (χ3v) is 2.87. The minimum absolute atomic E-state index is 1.12. The average Bonchev–Trinajstić information content (AvgIpc) is 1.88. The molecule has 0 saturated heterocycles. The first-order valence-electron chi connectivity index (χ1n) is 2.67. The Bertz CT molecular complexity index is 227. The van der Waals surface area contributed by atoms with Gasteiger partial charge in [0.2, 0.25) is 0 Å². The fourth-order valence-corrected chi connectivity index (χ4v) is 2.44. The molecule has 58 valence electrons. The van der Waals surface area contributed by atoms with Gasteiger partial charge < -0.3 is 0 Å². The van der Waals surface area contributed by atoms with Crippen molar-refractivity contribution >= 4 is 24.0 Å². The molecule has 0 fully saturated rings. The van der Waals surface area contributed by atoms with E-state index in [0.717, 1.165) is 5.56 Å². The van der Waals surface area contributed by atoms with Gasteiger partial charge in [-0.25, -0.2) is 0 Å². The van der Waals surface area contributed by atoms with Crippen LogP contribution in [0, 0.1) is 0 Å². The van der Waals surface area contributed by atoms with Gasteiger partial charge in [-0.3, -0.25) is 0 Å². The Morgan fingerprint density at radius 2 is 1.70 bits per heavy atom. The molecular formula is C7H6Cl2Ru-2. The van der Waals surface area contributed by atoms with Gasteiger partial charge in [-0.1, -0.05) is 0 Å². The molecule has 0 amide bonds. The molecule has 0 N–H and O–H groups in total. The van der Waals surface area contributed by atoms with Gasteiger partial charge in [-0.05, 0) is 0 Å². The molecule has 0 heterocycles. The molecule has 1 aromatic carbocycles. The Labute approximate surface area is 73.3 Å². The monoisotopic (exact) mass is 262 g/mol. The Hall–Kier alpha value is 0.293. The van der Waals surface area contributed by atoms with Crippen LogP contribution in [0.25, 0.3) is 0 Å². The van der Waals surface area contributed by atoms with Crippen molar-refractivity contribution in [2.45, 2.75) is 0 Å². The summed E-state index contributed by atoms with van der Waals surface area (Å²) in [5, 5.41) is 0. The third-order valence-electron chi connectivity index (χ3n) is 0.995. The van der Waals surface area contributed by atoms with Crippen LogP contribution in [-0.4, -0.2) is 4.61 Å². The van der Waals surface area contributed by atoms with Crippen LogP contribution in [0.1, 0.15) is 5.56 Å². The summed E-state index contributed by atoms with van der Waals surface area (Å²) in [5.41, 5.74) is 1.12. The summed E-state index contributed by atoms with van der Waals surface area (Å²) >= 11 is -1.61. The average molecular weight is 262 g/mol. The summed E-state index contributed by atoms with van der Waals surface area (Å²) < 4.78 is 1.92. The van der Waals surface area contributed by atoms with E-state index in [9.17, 15) is 0 Å². The van der Waals surface area contributed by atoms with Crippen LogP contribution in [0.15, 0.2) is 30.3 Å². The van der Waals surface area contributed by atoms with Gasteiger partial charge in [0.15, 0.2) is 0 Å². The molecule has 0 aliphatic carbocycles. The van der Waals surface area contributed by atoms with E-state index < -0.39 is 13.5 Å². The second-order valence-electron chi connectivity index (χ2n) is 1.72. The predicted molar refractivity (Wildman–Crippen MR) is 43.3 cm³/mol. The van der Waals surface area contributed by atoms with Crippen LogP contribution in [0.2, 0.25) is 0 Å². The fraction of sp³-hybridized carbons (Fsp3) is 0. The molecule has 0 spiro atoms. The Kier molecular flexibility index (Phi) is 3.55. The molecule has 0 atom stereocenters. The van der Waals surface area contributed by atoms with Crippen molar-refractivity contribution in [1.82, 2.24) is 0 Å². The topological polar surface area (TPSA) is 0 Å². The first-order valence-corrected chi connectivity index (χ1v) is 8.15. The van der Waals surface area contributed by atoms with Crippen LogP contribution in [-0.2, 0) is 13.5 Å². The number of hydrogen-bond donors (Lipinski definition) is 0. The van der Waals surface area contributed by atoms with Crippen molar-refractivity contribution < 1.29 is 13.5 Å². The van der Waals surface area contributed by atoms with Crippen LogP contribution in [0.3, 0.4) is 0 Å². The van der Waals surface area contributed by atoms with Crippen LogP contribution in [0.5, 0.6) is 0 Å². The third kappa shape index (κ3) is 2.92. The molecule has 1 rings (SSSR count). The Morgan fingerprint density at radius 1 is 1.10 bits per heavy atom. The molecule has 0 aliphatic rings. The SMILES string of the molecule is [Cl][Ru-2]([Cl])=[CH]c1ccccc1. The molecule has 0 unspecified atom stereocenters. The van der Waals surface area contributed by atoms with Crippen molar-refractivity contribution in [3.63, 3.8) is 0 Å². The molecule has 10 heavy (non-hydrogen) atoms. The Balaban J connectivity index is 2.87. The molecule has 3 heteroatoms. The van der Waals surface area contributed by atoms with E-state index in [0.29, 0.717) is 0 Å². The molecule has 0 nitrogen and oxygen atoms in total. The van der Waals surface area contributed by atoms with Gasteiger partial charge in [0.05, 0.1) is 0 Å². The van der Waals surface area contributed by atoms with Crippen LogP contribution < -0.4 is 0 Å². The first kappa shape index (κ1) is 8.39. The first-order chi connectivity index (χ1) is 4.79.